The highest BCUT2D eigenvalue weighted by Crippen LogP contribution is 2.22. The average molecular weight is 480 g/mol. The van der Waals surface area contributed by atoms with E-state index in [1.807, 2.05) is 78.9 Å². The molecule has 1 atom stereocenters. The third-order valence-corrected chi connectivity index (χ3v) is 5.65. The first kappa shape index (κ1) is 24.5. The van der Waals surface area contributed by atoms with Crippen LogP contribution < -0.4 is 20.7 Å². The van der Waals surface area contributed by atoms with E-state index in [0.29, 0.717) is 22.7 Å². The van der Waals surface area contributed by atoms with Gasteiger partial charge in [-0.3, -0.25) is 9.59 Å². The normalized spacial score (nSPS) is 11.3. The molecule has 6 heteroatoms. The Morgan fingerprint density at radius 2 is 1.33 bits per heavy atom. The molecule has 3 N–H and O–H groups in total. The Bertz CT molecular complexity index is 1300. The summed E-state index contributed by atoms with van der Waals surface area (Å²) in [5.41, 5.74) is 4.50. The lowest BCUT2D eigenvalue weighted by Gasteiger charge is -2.17. The molecule has 0 aliphatic rings. The summed E-state index contributed by atoms with van der Waals surface area (Å²) in [6.45, 7) is 3.76. The smallest absolute Gasteiger partial charge is 0.265 e. The number of nitrogens with one attached hydrogen (secondary N) is 3. The second-order valence-electron chi connectivity index (χ2n) is 8.31. The van der Waals surface area contributed by atoms with Crippen molar-refractivity contribution in [2.45, 2.75) is 26.4 Å². The van der Waals surface area contributed by atoms with Crippen LogP contribution in [0.4, 0.5) is 22.7 Å². The molecule has 0 saturated heterocycles. The van der Waals surface area contributed by atoms with Gasteiger partial charge in [-0.1, -0.05) is 49.4 Å². The summed E-state index contributed by atoms with van der Waals surface area (Å²) >= 11 is 0. The van der Waals surface area contributed by atoms with Gasteiger partial charge in [-0.2, -0.15) is 0 Å². The van der Waals surface area contributed by atoms with Crippen molar-refractivity contribution in [3.63, 3.8) is 0 Å². The Morgan fingerprint density at radius 1 is 0.722 bits per heavy atom. The van der Waals surface area contributed by atoms with Crippen LogP contribution in [0.2, 0.25) is 0 Å². The topological polar surface area (TPSA) is 79.5 Å². The standard InChI is InChI=1S/C30H29N3O3/c1-3-22-13-19-26(20-14-22)36-21(2)29(34)33-28-12-8-7-11-27(28)30(35)32-25-17-15-24(16-18-25)31-23-9-5-4-6-10-23/h4-21,31H,3H2,1-2H3,(H,32,35)(H,33,34). The van der Waals surface area contributed by atoms with Crippen LogP contribution in [0.1, 0.15) is 29.8 Å². The summed E-state index contributed by atoms with van der Waals surface area (Å²) in [5.74, 6) is -0.0457. The zero-order chi connectivity index (χ0) is 25.3. The van der Waals surface area contributed by atoms with Gasteiger partial charge in [-0.05, 0) is 79.6 Å². The molecule has 182 valence electrons. The number of benzene rings is 4. The Labute approximate surface area is 211 Å². The number of carbonyl (C=O) groups is 2. The maximum absolute atomic E-state index is 13.0. The lowest BCUT2D eigenvalue weighted by Crippen LogP contribution is -2.31. The molecule has 0 fully saturated rings. The van der Waals surface area contributed by atoms with Gasteiger partial charge in [0.1, 0.15) is 5.75 Å². The maximum atomic E-state index is 13.0. The van der Waals surface area contributed by atoms with Gasteiger partial charge in [0.2, 0.25) is 0 Å². The van der Waals surface area contributed by atoms with E-state index >= 15 is 0 Å². The van der Waals surface area contributed by atoms with Crippen molar-refractivity contribution >= 4 is 34.6 Å². The molecular formula is C30H29N3O3. The van der Waals surface area contributed by atoms with Gasteiger partial charge in [0.15, 0.2) is 6.10 Å². The minimum atomic E-state index is -0.738. The fourth-order valence-corrected chi connectivity index (χ4v) is 3.61. The second kappa shape index (κ2) is 11.7. The molecule has 0 saturated carbocycles. The number of rotatable bonds is 9. The first-order valence-corrected chi connectivity index (χ1v) is 11.9. The van der Waals surface area contributed by atoms with Crippen LogP contribution in [-0.4, -0.2) is 17.9 Å². The molecule has 0 aliphatic heterocycles. The first-order chi connectivity index (χ1) is 17.5. The van der Waals surface area contributed by atoms with E-state index in [0.717, 1.165) is 17.8 Å². The third kappa shape index (κ3) is 6.51. The van der Waals surface area contributed by atoms with E-state index in [1.165, 1.54) is 5.56 Å². The van der Waals surface area contributed by atoms with Gasteiger partial charge in [0.25, 0.3) is 11.8 Å². The minimum Gasteiger partial charge on any atom is -0.481 e. The number of hydrogen-bond acceptors (Lipinski definition) is 4. The number of aryl methyl sites for hydroxylation is 1. The van der Waals surface area contributed by atoms with Gasteiger partial charge >= 0.3 is 0 Å². The van der Waals surface area contributed by atoms with Crippen molar-refractivity contribution in [2.75, 3.05) is 16.0 Å². The molecule has 4 rings (SSSR count). The molecule has 36 heavy (non-hydrogen) atoms. The zero-order valence-electron chi connectivity index (χ0n) is 20.3. The highest BCUT2D eigenvalue weighted by Gasteiger charge is 2.18. The van der Waals surface area contributed by atoms with Crippen molar-refractivity contribution < 1.29 is 14.3 Å². The van der Waals surface area contributed by atoms with Crippen molar-refractivity contribution in [3.05, 3.63) is 114 Å². The van der Waals surface area contributed by atoms with E-state index < -0.39 is 6.10 Å². The summed E-state index contributed by atoms with van der Waals surface area (Å²) in [6.07, 6.45) is 0.197. The Morgan fingerprint density at radius 3 is 2.03 bits per heavy atom. The van der Waals surface area contributed by atoms with Crippen molar-refractivity contribution in [1.82, 2.24) is 0 Å². The van der Waals surface area contributed by atoms with Crippen molar-refractivity contribution in [1.29, 1.82) is 0 Å². The third-order valence-electron chi connectivity index (χ3n) is 5.65. The average Bonchev–Trinajstić information content (AvgIpc) is 2.91. The molecule has 1 unspecified atom stereocenters. The molecule has 0 aliphatic carbocycles. The fourth-order valence-electron chi connectivity index (χ4n) is 3.61. The number of amides is 2. The van der Waals surface area contributed by atoms with Crippen LogP contribution >= 0.6 is 0 Å². The van der Waals surface area contributed by atoms with Crippen LogP contribution in [0.25, 0.3) is 0 Å². The minimum absolute atomic E-state index is 0.321. The van der Waals surface area contributed by atoms with Gasteiger partial charge in [-0.25, -0.2) is 0 Å². The van der Waals surface area contributed by atoms with Crippen LogP contribution in [-0.2, 0) is 11.2 Å². The number of para-hydroxylation sites is 2. The van der Waals surface area contributed by atoms with Crippen LogP contribution in [0, 0.1) is 0 Å². The van der Waals surface area contributed by atoms with E-state index in [2.05, 4.69) is 22.9 Å². The highest BCUT2D eigenvalue weighted by molar-refractivity contribution is 6.10. The molecule has 6 nitrogen and oxygen atoms in total. The number of hydrogen-bond donors (Lipinski definition) is 3. The molecule has 0 bridgehead atoms. The monoisotopic (exact) mass is 479 g/mol. The quantitative estimate of drug-likeness (QED) is 0.251. The molecule has 0 radical (unpaired) electrons. The van der Waals surface area contributed by atoms with Gasteiger partial charge < -0.3 is 20.7 Å². The molecule has 0 spiro atoms. The van der Waals surface area contributed by atoms with Crippen LogP contribution in [0.5, 0.6) is 5.75 Å². The summed E-state index contributed by atoms with van der Waals surface area (Å²) in [5, 5.41) is 9.02. The zero-order valence-corrected chi connectivity index (χ0v) is 20.3. The largest absolute Gasteiger partial charge is 0.481 e. The lowest BCUT2D eigenvalue weighted by molar-refractivity contribution is -0.122. The molecule has 0 aromatic heterocycles. The lowest BCUT2D eigenvalue weighted by atomic mass is 10.1. The molecule has 0 heterocycles. The number of anilines is 4. The van der Waals surface area contributed by atoms with E-state index in [9.17, 15) is 9.59 Å². The van der Waals surface area contributed by atoms with E-state index in [1.54, 1.807) is 31.2 Å². The van der Waals surface area contributed by atoms with Crippen LogP contribution in [0.15, 0.2) is 103 Å². The molecule has 4 aromatic rings. The predicted molar refractivity (Wildman–Crippen MR) is 145 cm³/mol. The predicted octanol–water partition coefficient (Wildman–Crippen LogP) is 6.65. The maximum Gasteiger partial charge on any atom is 0.265 e. The van der Waals surface area contributed by atoms with Gasteiger partial charge in [0.05, 0.1) is 11.3 Å². The van der Waals surface area contributed by atoms with E-state index in [-0.39, 0.29) is 11.8 Å². The fraction of sp³-hybridized carbons (Fsp3) is 0.133. The second-order valence-corrected chi connectivity index (χ2v) is 8.31. The Balaban J connectivity index is 1.38. The molecule has 2 amide bonds. The van der Waals surface area contributed by atoms with Crippen molar-refractivity contribution in [3.8, 4) is 5.75 Å². The van der Waals surface area contributed by atoms with Gasteiger partial charge in [0, 0.05) is 17.1 Å². The van der Waals surface area contributed by atoms with Gasteiger partial charge in [-0.15, -0.1) is 0 Å². The molecular weight excluding hydrogens is 450 g/mol. The summed E-state index contributed by atoms with van der Waals surface area (Å²) in [7, 11) is 0. The highest BCUT2D eigenvalue weighted by atomic mass is 16.5. The Hall–Kier alpha value is -4.58. The van der Waals surface area contributed by atoms with E-state index in [4.69, 9.17) is 4.74 Å². The number of carbonyl (C=O) groups excluding carboxylic acids is 2. The summed E-state index contributed by atoms with van der Waals surface area (Å²) in [6, 6.07) is 31.8. The van der Waals surface area contributed by atoms with Crippen molar-refractivity contribution in [2.24, 2.45) is 0 Å². The number of ether oxygens (including phenoxy) is 1. The summed E-state index contributed by atoms with van der Waals surface area (Å²) in [4.78, 5) is 25.8. The SMILES string of the molecule is CCc1ccc(OC(C)C(=O)Nc2ccccc2C(=O)Nc2ccc(Nc3ccccc3)cc2)cc1. The summed E-state index contributed by atoms with van der Waals surface area (Å²) < 4.78 is 5.78. The first-order valence-electron chi connectivity index (χ1n) is 11.9. The Kier molecular flexibility index (Phi) is 7.98. The molecule has 4 aromatic carbocycles. The van der Waals surface area contributed by atoms with Crippen LogP contribution in [0.3, 0.4) is 0 Å².